The first-order valence-electron chi connectivity index (χ1n) is 14.7. The van der Waals surface area contributed by atoms with Crippen molar-refractivity contribution in [1.29, 1.82) is 0 Å². The lowest BCUT2D eigenvalue weighted by atomic mass is 9.62. The Bertz CT molecular complexity index is 1100. The number of carboxylic acids is 1. The van der Waals surface area contributed by atoms with Crippen LogP contribution in [0.4, 0.5) is 11.4 Å². The summed E-state index contributed by atoms with van der Waals surface area (Å²) in [6.45, 7) is 14.2. The third-order valence-electron chi connectivity index (χ3n) is 9.49. The fourth-order valence-corrected chi connectivity index (χ4v) is 7.41. The highest BCUT2D eigenvalue weighted by molar-refractivity contribution is 6.04. The zero-order valence-electron chi connectivity index (χ0n) is 24.3. The standard InChI is InChI=1S/C31H45N3O6/c1-6-17-33(23-15-13-22(14-16-23)32(7-2)8-3)28(37)26-31-20-21(4)30(5,40-31)25(29(38)39)24(31)27(36)34(26)18-11-9-10-12-19-35/h6,13-16,21,24-26,35H,1,7-12,17-20H2,2-5H3,(H,38,39)/t21?,24-,25-,26?,30+,31?/m0/s1. The van der Waals surface area contributed by atoms with Crippen LogP contribution in [0.2, 0.25) is 0 Å². The lowest BCUT2D eigenvalue weighted by Gasteiger charge is -2.37. The quantitative estimate of drug-likeness (QED) is 0.266. The number of aliphatic hydroxyl groups is 1. The average Bonchev–Trinajstić information content (AvgIpc) is 3.44. The second-order valence-electron chi connectivity index (χ2n) is 11.6. The Hall–Kier alpha value is -2.91. The number of anilines is 2. The normalized spacial score (nSPS) is 30.4. The summed E-state index contributed by atoms with van der Waals surface area (Å²) in [5.41, 5.74) is -0.468. The van der Waals surface area contributed by atoms with Gasteiger partial charge < -0.3 is 29.6 Å². The number of amides is 2. The van der Waals surface area contributed by atoms with Crippen molar-refractivity contribution in [2.24, 2.45) is 17.8 Å². The van der Waals surface area contributed by atoms with E-state index in [1.165, 1.54) is 0 Å². The van der Waals surface area contributed by atoms with Gasteiger partial charge in [-0.3, -0.25) is 14.4 Å². The van der Waals surface area contributed by atoms with Gasteiger partial charge >= 0.3 is 5.97 Å². The maximum absolute atomic E-state index is 14.6. The number of fused-ring (bicyclic) bond motifs is 1. The average molecular weight is 556 g/mol. The van der Waals surface area contributed by atoms with Crippen LogP contribution in [-0.2, 0) is 19.1 Å². The minimum absolute atomic E-state index is 0.114. The minimum Gasteiger partial charge on any atom is -0.481 e. The molecule has 1 aromatic carbocycles. The molecule has 3 saturated heterocycles. The fraction of sp³-hybridized carbons (Fsp3) is 0.645. The largest absolute Gasteiger partial charge is 0.481 e. The van der Waals surface area contributed by atoms with Crippen LogP contribution < -0.4 is 9.80 Å². The number of carbonyl (C=O) groups excluding carboxylic acids is 2. The summed E-state index contributed by atoms with van der Waals surface area (Å²) in [7, 11) is 0. The predicted octanol–water partition coefficient (Wildman–Crippen LogP) is 3.70. The van der Waals surface area contributed by atoms with Gasteiger partial charge in [0.1, 0.15) is 17.6 Å². The first-order chi connectivity index (χ1) is 19.1. The Balaban J connectivity index is 1.73. The molecule has 2 amide bonds. The van der Waals surface area contributed by atoms with E-state index in [-0.39, 0.29) is 30.9 Å². The number of aliphatic carboxylic acids is 1. The van der Waals surface area contributed by atoms with Crippen LogP contribution in [0.25, 0.3) is 0 Å². The maximum atomic E-state index is 14.6. The van der Waals surface area contributed by atoms with Gasteiger partial charge in [0.2, 0.25) is 5.91 Å². The molecule has 6 atom stereocenters. The third kappa shape index (κ3) is 4.81. The van der Waals surface area contributed by atoms with E-state index < -0.39 is 35.0 Å². The van der Waals surface area contributed by atoms with Gasteiger partial charge in [0.05, 0.1) is 11.5 Å². The first-order valence-corrected chi connectivity index (χ1v) is 14.7. The Kier molecular flexibility index (Phi) is 8.95. The minimum atomic E-state index is -1.20. The highest BCUT2D eigenvalue weighted by atomic mass is 16.5. The maximum Gasteiger partial charge on any atom is 0.310 e. The highest BCUT2D eigenvalue weighted by Crippen LogP contribution is 2.65. The van der Waals surface area contributed by atoms with Crippen LogP contribution in [0, 0.1) is 17.8 Å². The number of likely N-dealkylation sites (tertiary alicyclic amines) is 1. The Morgan fingerprint density at radius 2 is 1.75 bits per heavy atom. The van der Waals surface area contributed by atoms with Gasteiger partial charge in [0.25, 0.3) is 5.91 Å². The molecule has 3 aliphatic heterocycles. The lowest BCUT2D eigenvalue weighted by molar-refractivity contribution is -0.156. The summed E-state index contributed by atoms with van der Waals surface area (Å²) in [5, 5.41) is 19.4. The zero-order chi connectivity index (χ0) is 29.2. The number of aliphatic hydroxyl groups excluding tert-OH is 1. The van der Waals surface area contributed by atoms with Gasteiger partial charge in [-0.1, -0.05) is 25.8 Å². The molecule has 4 rings (SSSR count). The number of carboxylic acid groups (broad SMARTS) is 1. The second-order valence-corrected chi connectivity index (χ2v) is 11.6. The van der Waals surface area contributed by atoms with E-state index in [4.69, 9.17) is 9.84 Å². The fourth-order valence-electron chi connectivity index (χ4n) is 7.41. The molecule has 1 aromatic rings. The Labute approximate surface area is 237 Å². The van der Waals surface area contributed by atoms with Crippen molar-refractivity contribution in [1.82, 2.24) is 4.90 Å². The summed E-state index contributed by atoms with van der Waals surface area (Å²) < 4.78 is 6.62. The van der Waals surface area contributed by atoms with Gasteiger partial charge in [-0.25, -0.2) is 0 Å². The zero-order valence-corrected chi connectivity index (χ0v) is 24.3. The van der Waals surface area contributed by atoms with Gasteiger partial charge in [-0.2, -0.15) is 0 Å². The number of benzene rings is 1. The molecule has 3 fully saturated rings. The van der Waals surface area contributed by atoms with Crippen molar-refractivity contribution in [3.05, 3.63) is 36.9 Å². The Morgan fingerprint density at radius 3 is 2.33 bits per heavy atom. The van der Waals surface area contributed by atoms with Crippen molar-refractivity contribution in [3.8, 4) is 0 Å². The molecule has 3 heterocycles. The number of carbonyl (C=O) groups is 3. The molecule has 40 heavy (non-hydrogen) atoms. The molecule has 0 aromatic heterocycles. The molecule has 3 aliphatic rings. The van der Waals surface area contributed by atoms with E-state index in [1.807, 2.05) is 31.2 Å². The molecule has 0 saturated carbocycles. The van der Waals surface area contributed by atoms with Crippen molar-refractivity contribution in [2.75, 3.05) is 42.6 Å². The number of nitrogens with zero attached hydrogens (tertiary/aromatic N) is 3. The van der Waals surface area contributed by atoms with E-state index >= 15 is 0 Å². The van der Waals surface area contributed by atoms with Crippen molar-refractivity contribution in [3.63, 3.8) is 0 Å². The molecule has 9 heteroatoms. The monoisotopic (exact) mass is 555 g/mol. The number of hydrogen-bond donors (Lipinski definition) is 2. The van der Waals surface area contributed by atoms with Crippen LogP contribution in [0.15, 0.2) is 36.9 Å². The smallest absolute Gasteiger partial charge is 0.310 e. The van der Waals surface area contributed by atoms with E-state index in [2.05, 4.69) is 25.3 Å². The number of ether oxygens (including phenoxy) is 1. The van der Waals surface area contributed by atoms with Gasteiger partial charge in [-0.15, -0.1) is 6.58 Å². The number of hydrogen-bond acceptors (Lipinski definition) is 6. The summed E-state index contributed by atoms with van der Waals surface area (Å²) in [6, 6.07) is 6.88. The molecular weight excluding hydrogens is 510 g/mol. The summed E-state index contributed by atoms with van der Waals surface area (Å²) in [6.07, 6.45) is 5.06. The second kappa shape index (κ2) is 11.9. The van der Waals surface area contributed by atoms with Crippen molar-refractivity contribution >= 4 is 29.2 Å². The van der Waals surface area contributed by atoms with E-state index in [9.17, 15) is 19.5 Å². The predicted molar refractivity (Wildman–Crippen MR) is 154 cm³/mol. The summed E-state index contributed by atoms with van der Waals surface area (Å²) in [4.78, 5) is 46.6. The van der Waals surface area contributed by atoms with Crippen LogP contribution >= 0.6 is 0 Å². The summed E-state index contributed by atoms with van der Waals surface area (Å²) >= 11 is 0. The highest BCUT2D eigenvalue weighted by Gasteiger charge is 2.80. The van der Waals surface area contributed by atoms with E-state index in [1.54, 1.807) is 22.8 Å². The van der Waals surface area contributed by atoms with Crippen molar-refractivity contribution in [2.45, 2.75) is 77.0 Å². The number of unbranched alkanes of at least 4 members (excludes halogenated alkanes) is 3. The SMILES string of the molecule is C=CCN(C(=O)C1N(CCCCCCO)C(=O)[C@@H]2[C@@H](C(=O)O)[C@]3(C)OC12CC3C)c1ccc(N(CC)CC)cc1. The molecule has 9 nitrogen and oxygen atoms in total. The van der Waals surface area contributed by atoms with Crippen LogP contribution in [0.3, 0.4) is 0 Å². The van der Waals surface area contributed by atoms with Crippen LogP contribution in [-0.4, -0.2) is 82.9 Å². The lowest BCUT2D eigenvalue weighted by Crippen LogP contribution is -2.57. The van der Waals surface area contributed by atoms with Crippen LogP contribution in [0.1, 0.15) is 59.8 Å². The van der Waals surface area contributed by atoms with Gasteiger partial charge in [0, 0.05) is 44.2 Å². The molecule has 220 valence electrons. The third-order valence-corrected chi connectivity index (χ3v) is 9.49. The molecule has 0 radical (unpaired) electrons. The number of rotatable bonds is 14. The molecule has 2 bridgehead atoms. The Morgan fingerprint density at radius 1 is 1.12 bits per heavy atom. The first kappa shape index (κ1) is 30.1. The topological polar surface area (TPSA) is 111 Å². The van der Waals surface area contributed by atoms with Gasteiger partial charge in [0.15, 0.2) is 0 Å². The van der Waals surface area contributed by atoms with Gasteiger partial charge in [-0.05, 0) is 70.2 Å². The van der Waals surface area contributed by atoms with Crippen molar-refractivity contribution < 1.29 is 29.3 Å². The molecule has 3 unspecified atom stereocenters. The van der Waals surface area contributed by atoms with E-state index in [0.29, 0.717) is 31.5 Å². The van der Waals surface area contributed by atoms with Crippen LogP contribution in [0.5, 0.6) is 0 Å². The molecule has 1 spiro atoms. The summed E-state index contributed by atoms with van der Waals surface area (Å²) in [5.74, 6) is -3.69. The van der Waals surface area contributed by atoms with E-state index in [0.717, 1.165) is 31.6 Å². The molecular formula is C31H45N3O6. The molecule has 2 N–H and O–H groups in total. The molecule has 0 aliphatic carbocycles.